The highest BCUT2D eigenvalue weighted by atomic mass is 16.5. The summed E-state index contributed by atoms with van der Waals surface area (Å²) in [4.78, 5) is 12.2. The predicted molar refractivity (Wildman–Crippen MR) is 133 cm³/mol. The maximum atomic E-state index is 12.2. The van der Waals surface area contributed by atoms with Crippen molar-refractivity contribution in [3.05, 3.63) is 107 Å². The van der Waals surface area contributed by atoms with Gasteiger partial charge in [0.25, 0.3) is 0 Å². The van der Waals surface area contributed by atoms with E-state index in [-0.39, 0.29) is 24.8 Å². The van der Waals surface area contributed by atoms with Gasteiger partial charge in [-0.15, -0.1) is 0 Å². The molecule has 1 aliphatic carbocycles. The zero-order valence-corrected chi connectivity index (χ0v) is 19.1. The molecule has 4 heteroatoms. The molecule has 1 unspecified atom stereocenters. The average Bonchev–Trinajstić information content (AvgIpc) is 3.29. The molecule has 1 N–H and O–H groups in total. The van der Waals surface area contributed by atoms with Crippen LogP contribution >= 0.6 is 0 Å². The lowest BCUT2D eigenvalue weighted by Gasteiger charge is -2.16. The van der Waals surface area contributed by atoms with Gasteiger partial charge in [-0.05, 0) is 54.5 Å². The highest BCUT2D eigenvalue weighted by Gasteiger charge is 2.27. The number of alkyl carbamates (subject to hydrolysis) is 1. The normalized spacial score (nSPS) is 18.2. The van der Waals surface area contributed by atoms with Gasteiger partial charge >= 0.3 is 6.09 Å². The van der Waals surface area contributed by atoms with E-state index in [1.165, 1.54) is 11.1 Å². The van der Waals surface area contributed by atoms with Crippen LogP contribution in [-0.2, 0) is 16.1 Å². The summed E-state index contributed by atoms with van der Waals surface area (Å²) in [7, 11) is 0. The number of hydrogen-bond acceptors (Lipinski definition) is 3. The Morgan fingerprint density at radius 1 is 0.939 bits per heavy atom. The van der Waals surface area contributed by atoms with E-state index in [1.807, 2.05) is 48.5 Å². The molecule has 4 nitrogen and oxygen atoms in total. The number of carbonyl (C=O) groups is 1. The summed E-state index contributed by atoms with van der Waals surface area (Å²) < 4.78 is 11.7. The van der Waals surface area contributed by atoms with Crippen LogP contribution in [-0.4, -0.2) is 24.8 Å². The van der Waals surface area contributed by atoms with E-state index >= 15 is 0 Å². The Morgan fingerprint density at radius 2 is 1.64 bits per heavy atom. The molecule has 0 heterocycles. The quantitative estimate of drug-likeness (QED) is 0.412. The molecule has 0 bridgehead atoms. The molecule has 170 valence electrons. The van der Waals surface area contributed by atoms with Crippen LogP contribution in [0.15, 0.2) is 84.9 Å². The molecule has 0 aliphatic heterocycles. The lowest BCUT2D eigenvalue weighted by molar-refractivity contribution is 0.0814. The number of aryl methyl sites for hydroxylation is 1. The van der Waals surface area contributed by atoms with Crippen LogP contribution in [0.4, 0.5) is 4.79 Å². The fourth-order valence-corrected chi connectivity index (χ4v) is 4.09. The van der Waals surface area contributed by atoms with Gasteiger partial charge in [-0.2, -0.15) is 0 Å². The van der Waals surface area contributed by atoms with Crippen molar-refractivity contribution < 1.29 is 14.3 Å². The minimum Gasteiger partial charge on any atom is -0.445 e. The van der Waals surface area contributed by atoms with Crippen LogP contribution in [0.3, 0.4) is 0 Å². The maximum absolute atomic E-state index is 12.2. The highest BCUT2D eigenvalue weighted by Crippen LogP contribution is 2.26. The Hall–Kier alpha value is -3.37. The van der Waals surface area contributed by atoms with E-state index in [1.54, 1.807) is 0 Å². The van der Waals surface area contributed by atoms with Crippen LogP contribution in [0.1, 0.15) is 41.5 Å². The number of amides is 1. The van der Waals surface area contributed by atoms with E-state index in [4.69, 9.17) is 9.47 Å². The number of hydrogen-bond donors (Lipinski definition) is 1. The lowest BCUT2D eigenvalue weighted by Crippen LogP contribution is -2.33. The number of carbonyl (C=O) groups excluding carboxylic acids is 1. The van der Waals surface area contributed by atoms with Crippen LogP contribution in [0.25, 0.3) is 11.6 Å². The summed E-state index contributed by atoms with van der Waals surface area (Å²) >= 11 is 0. The van der Waals surface area contributed by atoms with Crippen LogP contribution in [0.5, 0.6) is 0 Å². The lowest BCUT2D eigenvalue weighted by atomic mass is 10.0. The van der Waals surface area contributed by atoms with Gasteiger partial charge in [-0.3, -0.25) is 0 Å². The minimum atomic E-state index is -0.367. The molecule has 0 aromatic heterocycles. The number of nitrogens with one attached hydrogen (secondary N) is 1. The zero-order chi connectivity index (χ0) is 22.9. The maximum Gasteiger partial charge on any atom is 0.407 e. The summed E-state index contributed by atoms with van der Waals surface area (Å²) in [5.41, 5.74) is 5.70. The SMILES string of the molecule is Cc1ccc(C(=Cc2ccccc2)COC2CC[C@H](NC(=O)OCc3ccccc3)C2)cc1. The van der Waals surface area contributed by atoms with Gasteiger partial charge in [0.2, 0.25) is 0 Å². The third-order valence-electron chi connectivity index (χ3n) is 5.96. The summed E-state index contributed by atoms with van der Waals surface area (Å²) in [5, 5.41) is 2.99. The first kappa shape index (κ1) is 22.8. The molecular formula is C29H31NO3. The Balaban J connectivity index is 1.30. The van der Waals surface area contributed by atoms with E-state index < -0.39 is 0 Å². The molecule has 4 rings (SSSR count). The number of rotatable bonds is 8. The van der Waals surface area contributed by atoms with E-state index in [0.717, 1.165) is 36.0 Å². The Morgan fingerprint density at radius 3 is 2.36 bits per heavy atom. The third kappa shape index (κ3) is 7.06. The Kier molecular flexibility index (Phi) is 7.94. The molecule has 3 aromatic carbocycles. The monoisotopic (exact) mass is 441 g/mol. The molecule has 0 spiro atoms. The van der Waals surface area contributed by atoms with E-state index in [0.29, 0.717) is 6.61 Å². The zero-order valence-electron chi connectivity index (χ0n) is 19.1. The first-order chi connectivity index (χ1) is 16.2. The summed E-state index contributed by atoms with van der Waals surface area (Å²) in [5.74, 6) is 0. The molecule has 1 fully saturated rings. The second-order valence-corrected chi connectivity index (χ2v) is 8.60. The number of ether oxygens (including phenoxy) is 2. The molecule has 3 aromatic rings. The van der Waals surface area contributed by atoms with Gasteiger partial charge < -0.3 is 14.8 Å². The van der Waals surface area contributed by atoms with E-state index in [2.05, 4.69) is 54.7 Å². The first-order valence-corrected chi connectivity index (χ1v) is 11.6. The fourth-order valence-electron chi connectivity index (χ4n) is 4.09. The molecule has 0 radical (unpaired) electrons. The van der Waals surface area contributed by atoms with Crippen molar-refractivity contribution >= 4 is 17.7 Å². The third-order valence-corrected chi connectivity index (χ3v) is 5.96. The van der Waals surface area contributed by atoms with Crippen LogP contribution < -0.4 is 5.32 Å². The summed E-state index contributed by atoms with van der Waals surface area (Å²) in [6.45, 7) is 2.91. The fraction of sp³-hybridized carbons (Fsp3) is 0.276. The molecule has 1 saturated carbocycles. The van der Waals surface area contributed by atoms with Gasteiger partial charge in [0.15, 0.2) is 0 Å². The van der Waals surface area contributed by atoms with E-state index in [9.17, 15) is 4.79 Å². The Labute approximate surface area is 196 Å². The van der Waals surface area contributed by atoms with Crippen molar-refractivity contribution in [1.82, 2.24) is 5.32 Å². The topological polar surface area (TPSA) is 47.6 Å². The highest BCUT2D eigenvalue weighted by molar-refractivity contribution is 5.82. The first-order valence-electron chi connectivity index (χ1n) is 11.6. The van der Waals surface area contributed by atoms with Crippen molar-refractivity contribution in [2.24, 2.45) is 0 Å². The molecule has 1 aliphatic rings. The van der Waals surface area contributed by atoms with Crippen molar-refractivity contribution in [3.8, 4) is 0 Å². The summed E-state index contributed by atoms with van der Waals surface area (Å²) in [6.07, 6.45) is 4.56. The molecular weight excluding hydrogens is 410 g/mol. The smallest absolute Gasteiger partial charge is 0.407 e. The standard InChI is InChI=1S/C29H31NO3/c1-22-12-14-25(15-13-22)26(18-23-8-4-2-5-9-23)21-32-28-17-16-27(19-28)30-29(31)33-20-24-10-6-3-7-11-24/h2-15,18,27-28H,16-17,19-21H2,1H3,(H,30,31)/t27-,28?/m0/s1. The minimum absolute atomic E-state index is 0.0826. The molecule has 0 saturated heterocycles. The summed E-state index contributed by atoms with van der Waals surface area (Å²) in [6, 6.07) is 28.7. The largest absolute Gasteiger partial charge is 0.445 e. The molecule has 2 atom stereocenters. The van der Waals surface area contributed by atoms with Gasteiger partial charge in [0.05, 0.1) is 12.7 Å². The van der Waals surface area contributed by atoms with Crippen LogP contribution in [0.2, 0.25) is 0 Å². The molecule has 33 heavy (non-hydrogen) atoms. The van der Waals surface area contributed by atoms with Crippen molar-refractivity contribution in [3.63, 3.8) is 0 Å². The van der Waals surface area contributed by atoms with Crippen molar-refractivity contribution in [1.29, 1.82) is 0 Å². The van der Waals surface area contributed by atoms with Gasteiger partial charge in [0, 0.05) is 6.04 Å². The second kappa shape index (κ2) is 11.5. The van der Waals surface area contributed by atoms with Gasteiger partial charge in [-0.25, -0.2) is 4.79 Å². The average molecular weight is 442 g/mol. The Bertz CT molecular complexity index is 1050. The van der Waals surface area contributed by atoms with Gasteiger partial charge in [-0.1, -0.05) is 90.5 Å². The second-order valence-electron chi connectivity index (χ2n) is 8.60. The predicted octanol–water partition coefficient (Wildman–Crippen LogP) is 6.40. The van der Waals surface area contributed by atoms with Crippen molar-refractivity contribution in [2.75, 3.05) is 6.61 Å². The van der Waals surface area contributed by atoms with Gasteiger partial charge in [0.1, 0.15) is 6.61 Å². The molecule has 1 amide bonds. The van der Waals surface area contributed by atoms with Crippen molar-refractivity contribution in [2.45, 2.75) is 44.9 Å². The number of benzene rings is 3. The van der Waals surface area contributed by atoms with Crippen LogP contribution in [0, 0.1) is 6.92 Å².